The summed E-state index contributed by atoms with van der Waals surface area (Å²) in [5, 5.41) is 0. The summed E-state index contributed by atoms with van der Waals surface area (Å²) >= 11 is 0. The van der Waals surface area contributed by atoms with Crippen LogP contribution in [0.5, 0.6) is 0 Å². The molecule has 0 amide bonds. The maximum absolute atomic E-state index is 5.52. The van der Waals surface area contributed by atoms with Gasteiger partial charge in [0.15, 0.2) is 0 Å². The number of nitrogens with two attached hydrogens (primary N) is 1. The lowest BCUT2D eigenvalue weighted by molar-refractivity contribution is 0.399. The first-order valence-corrected chi connectivity index (χ1v) is 5.05. The van der Waals surface area contributed by atoms with Gasteiger partial charge in [0, 0.05) is 25.8 Å². The van der Waals surface area contributed by atoms with E-state index in [2.05, 4.69) is 21.9 Å². The number of hydrogen-bond donors (Lipinski definition) is 1. The van der Waals surface area contributed by atoms with Crippen LogP contribution in [0.15, 0.2) is 12.4 Å². The molecule has 0 aromatic carbocycles. The van der Waals surface area contributed by atoms with Crippen molar-refractivity contribution >= 4 is 5.82 Å². The zero-order valence-electron chi connectivity index (χ0n) is 8.48. The smallest absolute Gasteiger partial charge is 0.147 e. The molecule has 0 spiro atoms. The molecule has 4 heteroatoms. The lowest BCUT2D eigenvalue weighted by Crippen LogP contribution is -2.37. The standard InChI is InChI=1S/C10H16N4/c1-14(9-3-2-4-9)10-7-12-6-8(5-11)13-10/h6-7,9H,2-5,11H2,1H3. The summed E-state index contributed by atoms with van der Waals surface area (Å²) in [6.07, 6.45) is 7.39. The van der Waals surface area contributed by atoms with Gasteiger partial charge in [-0.1, -0.05) is 0 Å². The number of aromatic nitrogens is 2. The molecule has 76 valence electrons. The van der Waals surface area contributed by atoms with Crippen molar-refractivity contribution in [3.63, 3.8) is 0 Å². The predicted octanol–water partition coefficient (Wildman–Crippen LogP) is 0.924. The molecule has 1 aromatic rings. The van der Waals surface area contributed by atoms with E-state index >= 15 is 0 Å². The van der Waals surface area contributed by atoms with Crippen LogP contribution in [0.25, 0.3) is 0 Å². The van der Waals surface area contributed by atoms with E-state index in [1.165, 1.54) is 19.3 Å². The minimum atomic E-state index is 0.458. The summed E-state index contributed by atoms with van der Waals surface area (Å²) in [6.45, 7) is 0.458. The molecule has 0 aliphatic heterocycles. The van der Waals surface area contributed by atoms with Crippen LogP contribution in [0.3, 0.4) is 0 Å². The molecule has 0 atom stereocenters. The zero-order valence-corrected chi connectivity index (χ0v) is 8.48. The maximum atomic E-state index is 5.52. The van der Waals surface area contributed by atoms with Crippen LogP contribution >= 0.6 is 0 Å². The van der Waals surface area contributed by atoms with Gasteiger partial charge in [-0.05, 0) is 19.3 Å². The van der Waals surface area contributed by atoms with Gasteiger partial charge < -0.3 is 10.6 Å². The van der Waals surface area contributed by atoms with E-state index in [1.807, 2.05) is 0 Å². The highest BCUT2D eigenvalue weighted by Crippen LogP contribution is 2.26. The SMILES string of the molecule is CN(c1cncc(CN)n1)C1CCC1. The van der Waals surface area contributed by atoms with Gasteiger partial charge in [0.05, 0.1) is 11.9 Å². The summed E-state index contributed by atoms with van der Waals surface area (Å²) in [5.41, 5.74) is 6.38. The molecule has 1 aromatic heterocycles. The Morgan fingerprint density at radius 3 is 2.86 bits per heavy atom. The Kier molecular flexibility index (Phi) is 2.63. The Morgan fingerprint density at radius 1 is 1.50 bits per heavy atom. The first kappa shape index (κ1) is 9.40. The van der Waals surface area contributed by atoms with Gasteiger partial charge in [-0.15, -0.1) is 0 Å². The van der Waals surface area contributed by atoms with E-state index in [-0.39, 0.29) is 0 Å². The molecule has 1 fully saturated rings. The first-order valence-electron chi connectivity index (χ1n) is 5.05. The summed E-state index contributed by atoms with van der Waals surface area (Å²) in [4.78, 5) is 10.8. The Labute approximate surface area is 84.2 Å². The van der Waals surface area contributed by atoms with Crippen molar-refractivity contribution in [2.45, 2.75) is 31.8 Å². The van der Waals surface area contributed by atoms with Crippen molar-refractivity contribution < 1.29 is 0 Å². The highest BCUT2D eigenvalue weighted by Gasteiger charge is 2.23. The number of hydrogen-bond acceptors (Lipinski definition) is 4. The molecule has 2 rings (SSSR count). The molecule has 14 heavy (non-hydrogen) atoms. The lowest BCUT2D eigenvalue weighted by Gasteiger charge is -2.35. The molecule has 1 saturated carbocycles. The minimum Gasteiger partial charge on any atom is -0.355 e. The summed E-state index contributed by atoms with van der Waals surface area (Å²) in [7, 11) is 2.08. The van der Waals surface area contributed by atoms with Gasteiger partial charge in [-0.25, -0.2) is 4.98 Å². The molecule has 1 heterocycles. The molecule has 0 saturated heterocycles. The third-order valence-corrected chi connectivity index (χ3v) is 2.86. The fraction of sp³-hybridized carbons (Fsp3) is 0.600. The van der Waals surface area contributed by atoms with E-state index in [0.29, 0.717) is 12.6 Å². The topological polar surface area (TPSA) is 55.0 Å². The molecule has 0 bridgehead atoms. The third-order valence-electron chi connectivity index (χ3n) is 2.86. The van der Waals surface area contributed by atoms with E-state index in [9.17, 15) is 0 Å². The van der Waals surface area contributed by atoms with Crippen molar-refractivity contribution in [2.24, 2.45) is 5.73 Å². The van der Waals surface area contributed by atoms with Crippen molar-refractivity contribution in [1.29, 1.82) is 0 Å². The second-order valence-corrected chi connectivity index (χ2v) is 3.77. The van der Waals surface area contributed by atoms with Crippen molar-refractivity contribution in [1.82, 2.24) is 9.97 Å². The zero-order chi connectivity index (χ0) is 9.97. The molecular weight excluding hydrogens is 176 g/mol. The van der Waals surface area contributed by atoms with Crippen LogP contribution < -0.4 is 10.6 Å². The van der Waals surface area contributed by atoms with Gasteiger partial charge in [0.25, 0.3) is 0 Å². The van der Waals surface area contributed by atoms with Crippen molar-refractivity contribution in [3.05, 3.63) is 18.1 Å². The van der Waals surface area contributed by atoms with Gasteiger partial charge in [0.2, 0.25) is 0 Å². The van der Waals surface area contributed by atoms with Crippen LogP contribution in [-0.2, 0) is 6.54 Å². The van der Waals surface area contributed by atoms with Crippen molar-refractivity contribution in [3.8, 4) is 0 Å². The Balaban J connectivity index is 2.13. The normalized spacial score (nSPS) is 16.4. The molecule has 1 aliphatic carbocycles. The van der Waals surface area contributed by atoms with Gasteiger partial charge in [-0.2, -0.15) is 0 Å². The van der Waals surface area contributed by atoms with E-state index in [1.54, 1.807) is 12.4 Å². The van der Waals surface area contributed by atoms with Crippen LogP contribution in [0, 0.1) is 0 Å². The molecule has 4 nitrogen and oxygen atoms in total. The summed E-state index contributed by atoms with van der Waals surface area (Å²) in [6, 6.07) is 0.650. The number of anilines is 1. The Morgan fingerprint density at radius 2 is 2.29 bits per heavy atom. The van der Waals surface area contributed by atoms with Gasteiger partial charge >= 0.3 is 0 Å². The lowest BCUT2D eigenvalue weighted by atomic mass is 9.92. The molecule has 1 aliphatic rings. The average Bonchev–Trinajstić information content (AvgIpc) is 2.15. The fourth-order valence-corrected chi connectivity index (χ4v) is 1.62. The molecule has 0 unspecified atom stereocenters. The van der Waals surface area contributed by atoms with E-state index in [0.717, 1.165) is 11.5 Å². The Bertz CT molecular complexity index is 309. The summed E-state index contributed by atoms with van der Waals surface area (Å²) < 4.78 is 0. The van der Waals surface area contributed by atoms with Gasteiger partial charge in [-0.3, -0.25) is 4.98 Å². The third kappa shape index (κ3) is 1.70. The quantitative estimate of drug-likeness (QED) is 0.774. The van der Waals surface area contributed by atoms with Gasteiger partial charge in [0.1, 0.15) is 5.82 Å². The highest BCUT2D eigenvalue weighted by atomic mass is 15.2. The fourth-order valence-electron chi connectivity index (χ4n) is 1.62. The van der Waals surface area contributed by atoms with Crippen LogP contribution in [0.4, 0.5) is 5.82 Å². The molecular formula is C10H16N4. The monoisotopic (exact) mass is 192 g/mol. The van der Waals surface area contributed by atoms with Crippen LogP contribution in [-0.4, -0.2) is 23.1 Å². The van der Waals surface area contributed by atoms with E-state index in [4.69, 9.17) is 5.73 Å². The largest absolute Gasteiger partial charge is 0.355 e. The minimum absolute atomic E-state index is 0.458. The number of rotatable bonds is 3. The van der Waals surface area contributed by atoms with Crippen LogP contribution in [0.2, 0.25) is 0 Å². The molecule has 2 N–H and O–H groups in total. The van der Waals surface area contributed by atoms with Crippen LogP contribution in [0.1, 0.15) is 25.0 Å². The highest BCUT2D eigenvalue weighted by molar-refractivity contribution is 5.37. The molecule has 0 radical (unpaired) electrons. The number of nitrogens with zero attached hydrogens (tertiary/aromatic N) is 3. The summed E-state index contributed by atoms with van der Waals surface area (Å²) in [5.74, 6) is 0.942. The van der Waals surface area contributed by atoms with E-state index < -0.39 is 0 Å². The average molecular weight is 192 g/mol. The maximum Gasteiger partial charge on any atom is 0.147 e. The second-order valence-electron chi connectivity index (χ2n) is 3.77. The van der Waals surface area contributed by atoms with Crippen molar-refractivity contribution in [2.75, 3.05) is 11.9 Å². The Hall–Kier alpha value is -1.16. The second kappa shape index (κ2) is 3.92. The predicted molar refractivity (Wildman–Crippen MR) is 56.0 cm³/mol. The first-order chi connectivity index (χ1) is 6.81.